The third-order valence-electron chi connectivity index (χ3n) is 5.01. The zero-order chi connectivity index (χ0) is 18.5. The minimum Gasteiger partial charge on any atom is -0.360 e. The molecule has 0 amide bonds. The van der Waals surface area contributed by atoms with Crippen LogP contribution in [0.25, 0.3) is 0 Å². The Balaban J connectivity index is 0.00000261. The lowest BCUT2D eigenvalue weighted by molar-refractivity contribution is 0.373. The summed E-state index contributed by atoms with van der Waals surface area (Å²) < 4.78 is 1.96. The SMILES string of the molecule is CCNC(=NCCc1c(C)nn(C)c1C)N1CCN(c2cccs2)CC1.I. The van der Waals surface area contributed by atoms with Crippen molar-refractivity contribution in [1.29, 1.82) is 0 Å². The third kappa shape index (κ3) is 5.37. The van der Waals surface area contributed by atoms with Crippen LogP contribution in [0.1, 0.15) is 23.9 Å². The van der Waals surface area contributed by atoms with Crippen LogP contribution in [-0.4, -0.2) is 59.9 Å². The number of aromatic nitrogens is 2. The molecule has 2 aromatic heterocycles. The number of thiophene rings is 1. The molecule has 0 spiro atoms. The van der Waals surface area contributed by atoms with Crippen molar-refractivity contribution in [3.63, 3.8) is 0 Å². The van der Waals surface area contributed by atoms with Crippen molar-refractivity contribution in [2.24, 2.45) is 12.0 Å². The van der Waals surface area contributed by atoms with Gasteiger partial charge in [0.1, 0.15) is 0 Å². The summed E-state index contributed by atoms with van der Waals surface area (Å²) >= 11 is 1.82. The van der Waals surface area contributed by atoms with Gasteiger partial charge in [0.05, 0.1) is 10.7 Å². The highest BCUT2D eigenvalue weighted by Crippen LogP contribution is 2.22. The summed E-state index contributed by atoms with van der Waals surface area (Å²) in [6.07, 6.45) is 0.940. The van der Waals surface area contributed by atoms with E-state index in [9.17, 15) is 0 Å². The number of anilines is 1. The number of rotatable bonds is 5. The molecule has 0 unspecified atom stereocenters. The van der Waals surface area contributed by atoms with Gasteiger partial charge >= 0.3 is 0 Å². The van der Waals surface area contributed by atoms with Gasteiger partial charge in [0.25, 0.3) is 0 Å². The van der Waals surface area contributed by atoms with Gasteiger partial charge < -0.3 is 15.1 Å². The van der Waals surface area contributed by atoms with Gasteiger partial charge in [-0.1, -0.05) is 0 Å². The smallest absolute Gasteiger partial charge is 0.194 e. The molecule has 0 atom stereocenters. The molecule has 0 aromatic carbocycles. The number of halogens is 1. The van der Waals surface area contributed by atoms with E-state index in [0.29, 0.717) is 0 Å². The molecular weight excluding hydrogens is 471 g/mol. The fraction of sp³-hybridized carbons (Fsp3) is 0.579. The predicted octanol–water partition coefficient (Wildman–Crippen LogP) is 3.05. The maximum atomic E-state index is 4.89. The summed E-state index contributed by atoms with van der Waals surface area (Å²) in [6.45, 7) is 12.2. The number of aliphatic imine (C=N–C) groups is 1. The predicted molar refractivity (Wildman–Crippen MR) is 126 cm³/mol. The van der Waals surface area contributed by atoms with Crippen molar-refractivity contribution in [2.75, 3.05) is 44.2 Å². The number of nitrogens with one attached hydrogen (secondary N) is 1. The number of hydrogen-bond donors (Lipinski definition) is 1. The number of hydrogen-bond acceptors (Lipinski definition) is 4. The van der Waals surface area contributed by atoms with E-state index >= 15 is 0 Å². The molecule has 6 nitrogen and oxygen atoms in total. The second-order valence-corrected chi connectivity index (χ2v) is 7.61. The Morgan fingerprint density at radius 1 is 1.26 bits per heavy atom. The fourth-order valence-corrected chi connectivity index (χ4v) is 4.25. The Labute approximate surface area is 183 Å². The van der Waals surface area contributed by atoms with Crippen molar-refractivity contribution >= 4 is 46.3 Å². The quantitative estimate of drug-likeness (QED) is 0.388. The first-order valence-corrected chi connectivity index (χ1v) is 10.3. The monoisotopic (exact) mass is 502 g/mol. The molecule has 1 aliphatic rings. The number of aryl methyl sites for hydroxylation is 2. The van der Waals surface area contributed by atoms with Crippen LogP contribution in [0.2, 0.25) is 0 Å². The van der Waals surface area contributed by atoms with Crippen LogP contribution in [-0.2, 0) is 13.5 Å². The van der Waals surface area contributed by atoms with Crippen molar-refractivity contribution in [3.8, 4) is 0 Å². The second kappa shape index (κ2) is 10.3. The van der Waals surface area contributed by atoms with Crippen LogP contribution in [0.5, 0.6) is 0 Å². The molecule has 1 saturated heterocycles. The highest BCUT2D eigenvalue weighted by molar-refractivity contribution is 14.0. The first kappa shape index (κ1) is 22.0. The number of nitrogens with zero attached hydrogens (tertiary/aromatic N) is 5. The summed E-state index contributed by atoms with van der Waals surface area (Å²) in [7, 11) is 2.01. The third-order valence-corrected chi connectivity index (χ3v) is 5.94. The molecular formula is C19H31IN6S. The molecule has 0 aliphatic carbocycles. The molecule has 27 heavy (non-hydrogen) atoms. The Bertz CT molecular complexity index is 732. The summed E-state index contributed by atoms with van der Waals surface area (Å²) in [5, 5.41) is 11.5. The molecule has 0 saturated carbocycles. The lowest BCUT2D eigenvalue weighted by Crippen LogP contribution is -2.52. The van der Waals surface area contributed by atoms with Gasteiger partial charge in [0.2, 0.25) is 0 Å². The van der Waals surface area contributed by atoms with Gasteiger partial charge in [-0.15, -0.1) is 35.3 Å². The van der Waals surface area contributed by atoms with Gasteiger partial charge in [0.15, 0.2) is 5.96 Å². The molecule has 1 N–H and O–H groups in total. The van der Waals surface area contributed by atoms with E-state index in [1.165, 1.54) is 16.3 Å². The highest BCUT2D eigenvalue weighted by Gasteiger charge is 2.20. The lowest BCUT2D eigenvalue weighted by atomic mass is 10.1. The number of guanidine groups is 1. The molecule has 1 fully saturated rings. The maximum absolute atomic E-state index is 4.89. The van der Waals surface area contributed by atoms with Gasteiger partial charge in [-0.2, -0.15) is 5.10 Å². The van der Waals surface area contributed by atoms with Crippen molar-refractivity contribution in [2.45, 2.75) is 27.2 Å². The summed E-state index contributed by atoms with van der Waals surface area (Å²) in [5.74, 6) is 1.04. The minimum atomic E-state index is 0. The summed E-state index contributed by atoms with van der Waals surface area (Å²) in [4.78, 5) is 9.74. The van der Waals surface area contributed by atoms with Crippen LogP contribution in [0.4, 0.5) is 5.00 Å². The highest BCUT2D eigenvalue weighted by atomic mass is 127. The Kier molecular flexibility index (Phi) is 8.40. The summed E-state index contributed by atoms with van der Waals surface area (Å²) in [6, 6.07) is 4.33. The first-order chi connectivity index (χ1) is 12.6. The van der Waals surface area contributed by atoms with Gasteiger partial charge in [-0.05, 0) is 50.3 Å². The van der Waals surface area contributed by atoms with E-state index in [1.54, 1.807) is 0 Å². The van der Waals surface area contributed by atoms with Crippen LogP contribution in [0.3, 0.4) is 0 Å². The van der Waals surface area contributed by atoms with Gasteiger partial charge in [0, 0.05) is 52.0 Å². The van der Waals surface area contributed by atoms with E-state index < -0.39 is 0 Å². The molecule has 0 radical (unpaired) electrons. The van der Waals surface area contributed by atoms with E-state index in [2.05, 4.69) is 58.5 Å². The van der Waals surface area contributed by atoms with Gasteiger partial charge in [-0.25, -0.2) is 0 Å². The van der Waals surface area contributed by atoms with E-state index in [-0.39, 0.29) is 24.0 Å². The Morgan fingerprint density at radius 3 is 2.56 bits per heavy atom. The van der Waals surface area contributed by atoms with Crippen molar-refractivity contribution in [1.82, 2.24) is 20.0 Å². The van der Waals surface area contributed by atoms with Crippen LogP contribution in [0, 0.1) is 13.8 Å². The first-order valence-electron chi connectivity index (χ1n) is 9.41. The largest absolute Gasteiger partial charge is 0.360 e. The molecule has 3 heterocycles. The number of piperazine rings is 1. The van der Waals surface area contributed by atoms with Crippen molar-refractivity contribution in [3.05, 3.63) is 34.5 Å². The van der Waals surface area contributed by atoms with Gasteiger partial charge in [-0.3, -0.25) is 9.67 Å². The maximum Gasteiger partial charge on any atom is 0.194 e. The van der Waals surface area contributed by atoms with Crippen LogP contribution < -0.4 is 10.2 Å². The average molecular weight is 502 g/mol. The zero-order valence-electron chi connectivity index (χ0n) is 16.7. The van der Waals surface area contributed by atoms with Crippen LogP contribution >= 0.6 is 35.3 Å². The average Bonchev–Trinajstić information content (AvgIpc) is 3.25. The van der Waals surface area contributed by atoms with E-state index in [4.69, 9.17) is 4.99 Å². The standard InChI is InChI=1S/C19H30N6S.HI/c1-5-20-19(21-9-8-17-15(2)22-23(4)16(17)3)25-12-10-24(11-13-25)18-7-6-14-26-18;/h6-7,14H,5,8-13H2,1-4H3,(H,20,21);1H. The summed E-state index contributed by atoms with van der Waals surface area (Å²) in [5.41, 5.74) is 3.69. The fourth-order valence-electron chi connectivity index (χ4n) is 3.47. The minimum absolute atomic E-state index is 0. The van der Waals surface area contributed by atoms with E-state index in [1.807, 2.05) is 23.1 Å². The lowest BCUT2D eigenvalue weighted by Gasteiger charge is -2.37. The zero-order valence-corrected chi connectivity index (χ0v) is 19.9. The second-order valence-electron chi connectivity index (χ2n) is 6.68. The van der Waals surface area contributed by atoms with Crippen molar-refractivity contribution < 1.29 is 0 Å². The molecule has 8 heteroatoms. The Hall–Kier alpha value is -1.29. The normalized spacial score (nSPS) is 15.0. The molecule has 0 bridgehead atoms. The Morgan fingerprint density at radius 2 is 2.00 bits per heavy atom. The van der Waals surface area contributed by atoms with Crippen LogP contribution in [0.15, 0.2) is 22.5 Å². The molecule has 3 rings (SSSR count). The topological polar surface area (TPSA) is 48.7 Å². The molecule has 1 aliphatic heterocycles. The molecule has 2 aromatic rings. The van der Waals surface area contributed by atoms with E-state index in [0.717, 1.165) is 57.3 Å². The molecule has 150 valence electrons.